The van der Waals surface area contributed by atoms with E-state index >= 15 is 0 Å². The zero-order valence-electron chi connectivity index (χ0n) is 13.3. The molecule has 3 atom stereocenters. The Morgan fingerprint density at radius 2 is 1.83 bits per heavy atom. The van der Waals surface area contributed by atoms with Gasteiger partial charge in [0.15, 0.2) is 0 Å². The Hall–Kier alpha value is -2.16. The SMILES string of the molecule is CCc1cc(O)cc2c1O[C@@H](c1ccc(O)cc1)[C@H]1CCC[C@@H]21. The Bertz CT molecular complexity index is 720. The second-order valence-electron chi connectivity index (χ2n) is 6.71. The van der Waals surface area contributed by atoms with Gasteiger partial charge in [0, 0.05) is 11.5 Å². The van der Waals surface area contributed by atoms with Crippen LogP contribution in [0, 0.1) is 5.92 Å². The molecule has 0 amide bonds. The van der Waals surface area contributed by atoms with Gasteiger partial charge >= 0.3 is 0 Å². The number of phenolic OH excluding ortho intramolecular Hbond substituents is 2. The number of phenols is 2. The highest BCUT2D eigenvalue weighted by atomic mass is 16.5. The van der Waals surface area contributed by atoms with Crippen molar-refractivity contribution in [3.63, 3.8) is 0 Å². The maximum Gasteiger partial charge on any atom is 0.127 e. The molecule has 0 aromatic heterocycles. The van der Waals surface area contributed by atoms with Crippen LogP contribution in [-0.2, 0) is 6.42 Å². The van der Waals surface area contributed by atoms with Crippen molar-refractivity contribution in [3.8, 4) is 17.2 Å². The van der Waals surface area contributed by atoms with Gasteiger partial charge in [-0.1, -0.05) is 25.5 Å². The molecule has 2 N–H and O–H groups in total. The Morgan fingerprint density at radius 3 is 2.57 bits per heavy atom. The zero-order chi connectivity index (χ0) is 16.0. The van der Waals surface area contributed by atoms with E-state index in [1.165, 1.54) is 12.0 Å². The summed E-state index contributed by atoms with van der Waals surface area (Å²) in [5.74, 6) is 2.49. The molecule has 3 nitrogen and oxygen atoms in total. The number of rotatable bonds is 2. The first-order valence-corrected chi connectivity index (χ1v) is 8.48. The molecule has 120 valence electrons. The van der Waals surface area contributed by atoms with Gasteiger partial charge < -0.3 is 14.9 Å². The van der Waals surface area contributed by atoms with E-state index in [2.05, 4.69) is 6.92 Å². The molecule has 3 heteroatoms. The number of ether oxygens (including phenoxy) is 1. The van der Waals surface area contributed by atoms with E-state index in [-0.39, 0.29) is 11.9 Å². The van der Waals surface area contributed by atoms with Gasteiger partial charge in [-0.3, -0.25) is 0 Å². The summed E-state index contributed by atoms with van der Waals surface area (Å²) < 4.78 is 6.46. The molecule has 0 saturated heterocycles. The summed E-state index contributed by atoms with van der Waals surface area (Å²) >= 11 is 0. The lowest BCUT2D eigenvalue weighted by Crippen LogP contribution is -2.27. The summed E-state index contributed by atoms with van der Waals surface area (Å²) in [7, 11) is 0. The highest BCUT2D eigenvalue weighted by Crippen LogP contribution is 2.55. The normalized spacial score (nSPS) is 25.5. The Labute approximate surface area is 136 Å². The Balaban J connectivity index is 1.81. The summed E-state index contributed by atoms with van der Waals surface area (Å²) in [6.45, 7) is 2.09. The molecule has 4 rings (SSSR count). The molecule has 1 heterocycles. The Kier molecular flexibility index (Phi) is 3.44. The third-order valence-electron chi connectivity index (χ3n) is 5.38. The second-order valence-corrected chi connectivity index (χ2v) is 6.71. The van der Waals surface area contributed by atoms with E-state index in [1.54, 1.807) is 12.1 Å². The van der Waals surface area contributed by atoms with Crippen molar-refractivity contribution in [2.75, 3.05) is 0 Å². The zero-order valence-corrected chi connectivity index (χ0v) is 13.3. The quantitative estimate of drug-likeness (QED) is 0.847. The fourth-order valence-electron chi connectivity index (χ4n) is 4.31. The van der Waals surface area contributed by atoms with Gasteiger partial charge in [0.1, 0.15) is 23.4 Å². The molecule has 2 aromatic carbocycles. The molecular formula is C20H22O3. The van der Waals surface area contributed by atoms with Crippen molar-refractivity contribution in [1.82, 2.24) is 0 Å². The smallest absolute Gasteiger partial charge is 0.127 e. The van der Waals surface area contributed by atoms with E-state index in [9.17, 15) is 10.2 Å². The number of hydrogen-bond donors (Lipinski definition) is 2. The van der Waals surface area contributed by atoms with E-state index in [0.717, 1.165) is 36.1 Å². The molecule has 0 bridgehead atoms. The van der Waals surface area contributed by atoms with E-state index in [4.69, 9.17) is 4.74 Å². The van der Waals surface area contributed by atoms with Gasteiger partial charge in [-0.05, 0) is 60.6 Å². The summed E-state index contributed by atoms with van der Waals surface area (Å²) in [5, 5.41) is 19.6. The molecule has 1 saturated carbocycles. The predicted molar refractivity (Wildman–Crippen MR) is 89.0 cm³/mol. The van der Waals surface area contributed by atoms with Gasteiger partial charge in [0.05, 0.1) is 0 Å². The first kappa shape index (κ1) is 14.4. The lowest BCUT2D eigenvalue weighted by Gasteiger charge is -2.37. The van der Waals surface area contributed by atoms with E-state index in [0.29, 0.717) is 17.6 Å². The lowest BCUT2D eigenvalue weighted by molar-refractivity contribution is 0.103. The minimum absolute atomic E-state index is 0.0328. The maximum atomic E-state index is 10.1. The largest absolute Gasteiger partial charge is 0.508 e. The summed E-state index contributed by atoms with van der Waals surface area (Å²) in [4.78, 5) is 0. The summed E-state index contributed by atoms with van der Waals surface area (Å²) in [6, 6.07) is 11.1. The van der Waals surface area contributed by atoms with Gasteiger partial charge in [-0.25, -0.2) is 0 Å². The molecule has 1 aliphatic heterocycles. The first-order valence-electron chi connectivity index (χ1n) is 8.48. The minimum atomic E-state index is 0.0328. The van der Waals surface area contributed by atoms with E-state index < -0.39 is 0 Å². The average molecular weight is 310 g/mol. The van der Waals surface area contributed by atoms with Crippen molar-refractivity contribution >= 4 is 0 Å². The van der Waals surface area contributed by atoms with Crippen LogP contribution in [-0.4, -0.2) is 10.2 Å². The fraction of sp³-hybridized carbons (Fsp3) is 0.400. The topological polar surface area (TPSA) is 49.7 Å². The van der Waals surface area contributed by atoms with Gasteiger partial charge in [0.2, 0.25) is 0 Å². The van der Waals surface area contributed by atoms with Crippen LogP contribution < -0.4 is 4.74 Å². The number of aryl methyl sites for hydroxylation is 1. The minimum Gasteiger partial charge on any atom is -0.508 e. The van der Waals surface area contributed by atoms with Crippen LogP contribution in [0.2, 0.25) is 0 Å². The summed E-state index contributed by atoms with van der Waals surface area (Å²) in [5.41, 5.74) is 3.38. The molecular weight excluding hydrogens is 288 g/mol. The Morgan fingerprint density at radius 1 is 1.04 bits per heavy atom. The maximum absolute atomic E-state index is 10.1. The van der Waals surface area contributed by atoms with Crippen LogP contribution in [0.25, 0.3) is 0 Å². The standard InChI is InChI=1S/C20H22O3/c1-2-12-10-15(22)11-18-16-4-3-5-17(16)20(23-19(12)18)13-6-8-14(21)9-7-13/h6-11,16-17,20-22H,2-5H2,1H3/t16-,17+,20+/m1/s1. The third-order valence-corrected chi connectivity index (χ3v) is 5.38. The number of hydrogen-bond acceptors (Lipinski definition) is 3. The second kappa shape index (κ2) is 5.48. The van der Waals surface area contributed by atoms with Crippen molar-refractivity contribution in [1.29, 1.82) is 0 Å². The van der Waals surface area contributed by atoms with Gasteiger partial charge in [0.25, 0.3) is 0 Å². The molecule has 1 aliphatic carbocycles. The van der Waals surface area contributed by atoms with Gasteiger partial charge in [-0.15, -0.1) is 0 Å². The number of fused-ring (bicyclic) bond motifs is 3. The average Bonchev–Trinajstić information content (AvgIpc) is 3.04. The van der Waals surface area contributed by atoms with Crippen LogP contribution in [0.1, 0.15) is 54.9 Å². The lowest BCUT2D eigenvalue weighted by atomic mass is 9.79. The molecule has 2 aromatic rings. The molecule has 23 heavy (non-hydrogen) atoms. The highest BCUT2D eigenvalue weighted by molar-refractivity contribution is 5.51. The monoisotopic (exact) mass is 310 g/mol. The fourth-order valence-corrected chi connectivity index (χ4v) is 4.31. The van der Waals surface area contributed by atoms with Crippen LogP contribution in [0.3, 0.4) is 0 Å². The van der Waals surface area contributed by atoms with Crippen LogP contribution in [0.15, 0.2) is 36.4 Å². The third kappa shape index (κ3) is 2.35. The molecule has 0 radical (unpaired) electrons. The number of aromatic hydroxyl groups is 2. The van der Waals surface area contributed by atoms with Gasteiger partial charge in [-0.2, -0.15) is 0 Å². The van der Waals surface area contributed by atoms with Crippen LogP contribution in [0.5, 0.6) is 17.2 Å². The summed E-state index contributed by atoms with van der Waals surface area (Å²) in [6.07, 6.45) is 4.38. The van der Waals surface area contributed by atoms with E-state index in [1.807, 2.05) is 24.3 Å². The van der Waals surface area contributed by atoms with Crippen LogP contribution >= 0.6 is 0 Å². The van der Waals surface area contributed by atoms with Crippen LogP contribution in [0.4, 0.5) is 0 Å². The molecule has 0 unspecified atom stereocenters. The highest BCUT2D eigenvalue weighted by Gasteiger charge is 2.42. The predicted octanol–water partition coefficient (Wildman–Crippen LogP) is 4.68. The van der Waals surface area contributed by atoms with Crippen molar-refractivity contribution < 1.29 is 14.9 Å². The molecule has 2 aliphatic rings. The number of benzene rings is 2. The van der Waals surface area contributed by atoms with Crippen molar-refractivity contribution in [3.05, 3.63) is 53.1 Å². The molecule has 0 spiro atoms. The van der Waals surface area contributed by atoms with Crippen molar-refractivity contribution in [2.45, 2.75) is 44.6 Å². The van der Waals surface area contributed by atoms with Crippen molar-refractivity contribution in [2.24, 2.45) is 5.92 Å². The first-order chi connectivity index (χ1) is 11.2. The molecule has 1 fully saturated rings.